The van der Waals surface area contributed by atoms with Crippen molar-refractivity contribution in [2.75, 3.05) is 32.8 Å². The molecule has 3 heterocycles. The van der Waals surface area contributed by atoms with Crippen molar-refractivity contribution in [1.82, 2.24) is 15.0 Å². The average molecular weight is 440 g/mol. The Balaban J connectivity index is 1.50. The quantitative estimate of drug-likeness (QED) is 0.660. The van der Waals surface area contributed by atoms with Crippen LogP contribution in [0.25, 0.3) is 11.3 Å². The molecule has 0 radical (unpaired) electrons. The molecule has 0 saturated carbocycles. The highest BCUT2D eigenvalue weighted by atomic mass is 16.5. The van der Waals surface area contributed by atoms with Crippen molar-refractivity contribution in [1.29, 1.82) is 0 Å². The van der Waals surface area contributed by atoms with Crippen molar-refractivity contribution in [2.24, 2.45) is 5.41 Å². The van der Waals surface area contributed by atoms with E-state index in [1.165, 1.54) is 0 Å². The van der Waals surface area contributed by atoms with Gasteiger partial charge in [0, 0.05) is 57.8 Å². The molecule has 2 aliphatic heterocycles. The SMILES string of the molecule is CCCOC1CCN(C(=O)C2(Cc3cc(-c4ccccc4)no3)CCN(C(C)=O)C2)CC1. The highest BCUT2D eigenvalue weighted by molar-refractivity contribution is 5.85. The van der Waals surface area contributed by atoms with Gasteiger partial charge in [-0.2, -0.15) is 0 Å². The number of hydrogen-bond donors (Lipinski definition) is 0. The summed E-state index contributed by atoms with van der Waals surface area (Å²) in [4.78, 5) is 29.6. The fourth-order valence-electron chi connectivity index (χ4n) is 4.86. The summed E-state index contributed by atoms with van der Waals surface area (Å²) in [5.41, 5.74) is 1.07. The van der Waals surface area contributed by atoms with Crippen LogP contribution in [0.4, 0.5) is 0 Å². The van der Waals surface area contributed by atoms with E-state index in [0.29, 0.717) is 44.8 Å². The van der Waals surface area contributed by atoms with Gasteiger partial charge in [0.1, 0.15) is 11.5 Å². The molecule has 0 spiro atoms. The van der Waals surface area contributed by atoms with E-state index in [2.05, 4.69) is 12.1 Å². The summed E-state index contributed by atoms with van der Waals surface area (Å²) in [6, 6.07) is 11.8. The van der Waals surface area contributed by atoms with E-state index < -0.39 is 5.41 Å². The molecule has 1 aromatic carbocycles. The molecule has 32 heavy (non-hydrogen) atoms. The van der Waals surface area contributed by atoms with Crippen LogP contribution in [0.5, 0.6) is 0 Å². The van der Waals surface area contributed by atoms with Gasteiger partial charge in [0.05, 0.1) is 11.5 Å². The van der Waals surface area contributed by atoms with Crippen LogP contribution in [-0.4, -0.2) is 65.7 Å². The minimum atomic E-state index is -0.670. The molecule has 0 N–H and O–H groups in total. The van der Waals surface area contributed by atoms with Gasteiger partial charge in [0.15, 0.2) is 0 Å². The van der Waals surface area contributed by atoms with Crippen LogP contribution in [0.15, 0.2) is 40.9 Å². The molecule has 2 fully saturated rings. The van der Waals surface area contributed by atoms with Crippen LogP contribution < -0.4 is 0 Å². The van der Waals surface area contributed by atoms with E-state index in [0.717, 1.165) is 37.1 Å². The Hall–Kier alpha value is -2.67. The van der Waals surface area contributed by atoms with Crippen molar-refractivity contribution < 1.29 is 18.8 Å². The third-order valence-electron chi connectivity index (χ3n) is 6.68. The van der Waals surface area contributed by atoms with Gasteiger partial charge in [0.25, 0.3) is 0 Å². The lowest BCUT2D eigenvalue weighted by atomic mass is 9.80. The first-order chi connectivity index (χ1) is 15.5. The van der Waals surface area contributed by atoms with Gasteiger partial charge < -0.3 is 19.1 Å². The standard InChI is InChI=1S/C25H33N3O4/c1-3-15-31-21-9-12-27(13-10-21)24(30)25(11-14-28(18-25)19(2)29)17-22-16-23(26-32-22)20-7-5-4-6-8-20/h4-8,16,21H,3,9-15,17-18H2,1-2H3. The van der Waals surface area contributed by atoms with Crippen LogP contribution in [0.3, 0.4) is 0 Å². The van der Waals surface area contributed by atoms with Crippen molar-refractivity contribution in [3.8, 4) is 11.3 Å². The molecule has 0 bridgehead atoms. The second kappa shape index (κ2) is 9.86. The summed E-state index contributed by atoms with van der Waals surface area (Å²) in [7, 11) is 0. The second-order valence-electron chi connectivity index (χ2n) is 9.05. The minimum absolute atomic E-state index is 0.00823. The maximum atomic E-state index is 13.8. The Bertz CT molecular complexity index is 920. The molecular weight excluding hydrogens is 406 g/mol. The van der Waals surface area contributed by atoms with Crippen LogP contribution in [-0.2, 0) is 20.7 Å². The lowest BCUT2D eigenvalue weighted by Crippen LogP contribution is -2.50. The molecule has 7 heteroatoms. The molecule has 0 aliphatic carbocycles. The number of carbonyl (C=O) groups is 2. The van der Waals surface area contributed by atoms with Crippen molar-refractivity contribution in [3.05, 3.63) is 42.2 Å². The molecule has 1 atom stereocenters. The zero-order valence-corrected chi connectivity index (χ0v) is 19.1. The third-order valence-corrected chi connectivity index (χ3v) is 6.68. The van der Waals surface area contributed by atoms with Gasteiger partial charge >= 0.3 is 0 Å². The van der Waals surface area contributed by atoms with E-state index in [1.807, 2.05) is 41.3 Å². The maximum Gasteiger partial charge on any atom is 0.231 e. The average Bonchev–Trinajstić information content (AvgIpc) is 3.47. The molecule has 2 aromatic rings. The van der Waals surface area contributed by atoms with Gasteiger partial charge in [-0.25, -0.2) is 0 Å². The summed E-state index contributed by atoms with van der Waals surface area (Å²) in [5, 5.41) is 4.23. The van der Waals surface area contributed by atoms with E-state index in [-0.39, 0.29) is 17.9 Å². The second-order valence-corrected chi connectivity index (χ2v) is 9.05. The zero-order valence-electron chi connectivity index (χ0n) is 19.1. The first-order valence-corrected chi connectivity index (χ1v) is 11.7. The van der Waals surface area contributed by atoms with Gasteiger partial charge in [-0.15, -0.1) is 0 Å². The van der Waals surface area contributed by atoms with Crippen LogP contribution in [0, 0.1) is 5.41 Å². The zero-order chi connectivity index (χ0) is 22.6. The fraction of sp³-hybridized carbons (Fsp3) is 0.560. The minimum Gasteiger partial charge on any atom is -0.378 e. The number of piperidine rings is 1. The molecule has 7 nitrogen and oxygen atoms in total. The Morgan fingerprint density at radius 2 is 1.91 bits per heavy atom. The normalized spacial score (nSPS) is 21.8. The Labute approximate surface area is 189 Å². The van der Waals surface area contributed by atoms with Gasteiger partial charge in [-0.3, -0.25) is 9.59 Å². The molecule has 1 aromatic heterocycles. The highest BCUT2D eigenvalue weighted by Crippen LogP contribution is 2.38. The highest BCUT2D eigenvalue weighted by Gasteiger charge is 2.48. The largest absolute Gasteiger partial charge is 0.378 e. The predicted octanol–water partition coefficient (Wildman–Crippen LogP) is 3.54. The summed E-state index contributed by atoms with van der Waals surface area (Å²) >= 11 is 0. The molecule has 172 valence electrons. The fourth-order valence-corrected chi connectivity index (χ4v) is 4.86. The van der Waals surface area contributed by atoms with Crippen molar-refractivity contribution in [3.63, 3.8) is 0 Å². The van der Waals surface area contributed by atoms with E-state index in [1.54, 1.807) is 11.8 Å². The summed E-state index contributed by atoms with van der Waals surface area (Å²) < 4.78 is 11.5. The van der Waals surface area contributed by atoms with Crippen LogP contribution >= 0.6 is 0 Å². The van der Waals surface area contributed by atoms with Crippen LogP contribution in [0.1, 0.15) is 45.3 Å². The molecule has 4 rings (SSSR count). The first-order valence-electron chi connectivity index (χ1n) is 11.7. The monoisotopic (exact) mass is 439 g/mol. The lowest BCUT2D eigenvalue weighted by molar-refractivity contribution is -0.145. The molecule has 1 unspecified atom stereocenters. The van der Waals surface area contributed by atoms with Gasteiger partial charge in [0.2, 0.25) is 11.8 Å². The molecule has 2 amide bonds. The van der Waals surface area contributed by atoms with Gasteiger partial charge in [-0.05, 0) is 25.7 Å². The summed E-state index contributed by atoms with van der Waals surface area (Å²) in [5.74, 6) is 0.811. The number of ether oxygens (including phenoxy) is 1. The number of hydrogen-bond acceptors (Lipinski definition) is 5. The third kappa shape index (κ3) is 4.88. The van der Waals surface area contributed by atoms with Gasteiger partial charge in [-0.1, -0.05) is 42.4 Å². The topological polar surface area (TPSA) is 75.9 Å². The first kappa shape index (κ1) is 22.5. The number of carbonyl (C=O) groups excluding carboxylic acids is 2. The molecule has 2 aliphatic rings. The Morgan fingerprint density at radius 1 is 1.16 bits per heavy atom. The smallest absolute Gasteiger partial charge is 0.231 e. The predicted molar refractivity (Wildman–Crippen MR) is 121 cm³/mol. The lowest BCUT2D eigenvalue weighted by Gasteiger charge is -2.38. The van der Waals surface area contributed by atoms with Crippen molar-refractivity contribution >= 4 is 11.8 Å². The molecular formula is C25H33N3O4. The summed E-state index contributed by atoms with van der Waals surface area (Å²) in [6.45, 7) is 6.85. The van der Waals surface area contributed by atoms with E-state index in [9.17, 15) is 9.59 Å². The van der Waals surface area contributed by atoms with E-state index >= 15 is 0 Å². The Morgan fingerprint density at radius 3 is 2.56 bits per heavy atom. The Kier molecular flexibility index (Phi) is 6.94. The number of benzene rings is 1. The molecule has 2 saturated heterocycles. The van der Waals surface area contributed by atoms with Crippen LogP contribution in [0.2, 0.25) is 0 Å². The van der Waals surface area contributed by atoms with E-state index in [4.69, 9.17) is 9.26 Å². The summed E-state index contributed by atoms with van der Waals surface area (Å²) in [6.07, 6.45) is 4.04. The number of aromatic nitrogens is 1. The number of amides is 2. The number of nitrogens with zero attached hydrogens (tertiary/aromatic N) is 3. The number of rotatable bonds is 7. The number of likely N-dealkylation sites (tertiary alicyclic amines) is 2. The maximum absolute atomic E-state index is 13.8. The van der Waals surface area contributed by atoms with Crippen molar-refractivity contribution in [2.45, 2.75) is 52.1 Å².